The highest BCUT2D eigenvalue weighted by Crippen LogP contribution is 2.45. The molecule has 0 N–H and O–H groups in total. The summed E-state index contributed by atoms with van der Waals surface area (Å²) in [6.07, 6.45) is 2.19. The lowest BCUT2D eigenvalue weighted by Gasteiger charge is -2.25. The lowest BCUT2D eigenvalue weighted by atomic mass is 9.91. The van der Waals surface area contributed by atoms with Crippen molar-refractivity contribution in [3.05, 3.63) is 53.6 Å². The fraction of sp³-hybridized carbons (Fsp3) is 0.429. The van der Waals surface area contributed by atoms with Gasteiger partial charge in [0, 0.05) is 24.7 Å². The van der Waals surface area contributed by atoms with E-state index in [0.29, 0.717) is 21.8 Å². The fourth-order valence-electron chi connectivity index (χ4n) is 4.46. The number of nitrogens with zero attached hydrogens (tertiary/aromatic N) is 2. The van der Waals surface area contributed by atoms with Crippen LogP contribution < -0.4 is 4.90 Å². The standard InChI is InChI=1S/C21H26N2O2S/c1-15-5-4-6-16(13-15)26(24,25)17-7-8-20-19(14-17)18-9-11-22(2)12-10-21(18)23(20)3/h4-8,13-14,18,21H,9-12H2,1-3H3/t18-,21+/m0/s1. The fourth-order valence-corrected chi connectivity index (χ4v) is 5.86. The van der Waals surface area contributed by atoms with E-state index in [4.69, 9.17) is 0 Å². The molecule has 2 heterocycles. The molecule has 0 amide bonds. The maximum atomic E-state index is 13.1. The third-order valence-electron chi connectivity index (χ3n) is 5.98. The van der Waals surface area contributed by atoms with Crippen LogP contribution in [0.15, 0.2) is 52.3 Å². The van der Waals surface area contributed by atoms with Gasteiger partial charge in [-0.1, -0.05) is 12.1 Å². The topological polar surface area (TPSA) is 40.6 Å². The number of benzene rings is 2. The first-order valence-electron chi connectivity index (χ1n) is 9.25. The first-order valence-corrected chi connectivity index (χ1v) is 10.7. The predicted molar refractivity (Wildman–Crippen MR) is 105 cm³/mol. The first-order chi connectivity index (χ1) is 12.4. The third-order valence-corrected chi connectivity index (χ3v) is 7.73. The van der Waals surface area contributed by atoms with E-state index in [1.165, 1.54) is 11.3 Å². The molecule has 26 heavy (non-hydrogen) atoms. The molecular formula is C21H26N2O2S. The van der Waals surface area contributed by atoms with Crippen LogP contribution in [0.3, 0.4) is 0 Å². The highest BCUT2D eigenvalue weighted by Gasteiger charge is 2.38. The summed E-state index contributed by atoms with van der Waals surface area (Å²) in [7, 11) is 0.822. The first kappa shape index (κ1) is 17.6. The van der Waals surface area contributed by atoms with Gasteiger partial charge in [-0.05, 0) is 81.4 Å². The SMILES string of the molecule is Cc1cccc(S(=O)(=O)c2ccc3c(c2)[C@@H]2CCN(C)CC[C@H]2N3C)c1. The van der Waals surface area contributed by atoms with Crippen LogP contribution in [-0.2, 0) is 9.84 Å². The molecule has 2 aromatic carbocycles. The van der Waals surface area contributed by atoms with Gasteiger partial charge in [-0.25, -0.2) is 8.42 Å². The Morgan fingerprint density at radius 2 is 1.69 bits per heavy atom. The molecule has 2 aliphatic rings. The Kier molecular flexibility index (Phi) is 4.32. The predicted octanol–water partition coefficient (Wildman–Crippen LogP) is 3.46. The van der Waals surface area contributed by atoms with Crippen LogP contribution >= 0.6 is 0 Å². The van der Waals surface area contributed by atoms with Gasteiger partial charge in [-0.15, -0.1) is 0 Å². The van der Waals surface area contributed by atoms with Gasteiger partial charge in [-0.2, -0.15) is 0 Å². The van der Waals surface area contributed by atoms with E-state index in [0.717, 1.165) is 31.5 Å². The molecule has 138 valence electrons. The number of sulfone groups is 1. The van der Waals surface area contributed by atoms with Gasteiger partial charge in [0.25, 0.3) is 0 Å². The summed E-state index contributed by atoms with van der Waals surface area (Å²) in [6, 6.07) is 13.3. The van der Waals surface area contributed by atoms with Crippen molar-refractivity contribution in [2.75, 3.05) is 32.1 Å². The Morgan fingerprint density at radius 1 is 0.962 bits per heavy atom. The van der Waals surface area contributed by atoms with E-state index in [9.17, 15) is 8.42 Å². The normalized spacial score (nSPS) is 23.4. The number of hydrogen-bond donors (Lipinski definition) is 0. The molecule has 5 heteroatoms. The zero-order chi connectivity index (χ0) is 18.5. The van der Waals surface area contributed by atoms with Gasteiger partial charge in [0.15, 0.2) is 0 Å². The minimum absolute atomic E-state index is 0.376. The Balaban J connectivity index is 1.76. The molecule has 4 nitrogen and oxygen atoms in total. The summed E-state index contributed by atoms with van der Waals surface area (Å²) >= 11 is 0. The van der Waals surface area contributed by atoms with Crippen LogP contribution in [0, 0.1) is 6.92 Å². The molecule has 0 spiro atoms. The lowest BCUT2D eigenvalue weighted by molar-refractivity contribution is 0.345. The maximum Gasteiger partial charge on any atom is 0.206 e. The Labute approximate surface area is 156 Å². The molecule has 0 saturated carbocycles. The minimum atomic E-state index is -3.49. The van der Waals surface area contributed by atoms with E-state index in [1.54, 1.807) is 24.3 Å². The molecular weight excluding hydrogens is 344 g/mol. The smallest absolute Gasteiger partial charge is 0.206 e. The van der Waals surface area contributed by atoms with E-state index in [-0.39, 0.29) is 0 Å². The molecule has 2 atom stereocenters. The van der Waals surface area contributed by atoms with Crippen LogP contribution in [0.5, 0.6) is 0 Å². The van der Waals surface area contributed by atoms with Crippen molar-refractivity contribution in [1.29, 1.82) is 0 Å². The monoisotopic (exact) mass is 370 g/mol. The van der Waals surface area contributed by atoms with Crippen molar-refractivity contribution < 1.29 is 8.42 Å². The minimum Gasteiger partial charge on any atom is -0.371 e. The second-order valence-corrected chi connectivity index (χ2v) is 9.66. The van der Waals surface area contributed by atoms with Gasteiger partial charge in [0.2, 0.25) is 9.84 Å². The number of aryl methyl sites for hydroxylation is 1. The van der Waals surface area contributed by atoms with Crippen LogP contribution in [0.25, 0.3) is 0 Å². The summed E-state index contributed by atoms with van der Waals surface area (Å²) in [5.41, 5.74) is 3.34. The van der Waals surface area contributed by atoms with Crippen molar-refractivity contribution in [3.8, 4) is 0 Å². The number of likely N-dealkylation sites (N-methyl/N-ethyl adjacent to an activating group) is 1. The third kappa shape index (κ3) is 2.83. The van der Waals surface area contributed by atoms with E-state index < -0.39 is 9.84 Å². The van der Waals surface area contributed by atoms with Crippen molar-refractivity contribution in [1.82, 2.24) is 4.90 Å². The molecule has 1 saturated heterocycles. The zero-order valence-electron chi connectivity index (χ0n) is 15.6. The van der Waals surface area contributed by atoms with Crippen molar-refractivity contribution in [3.63, 3.8) is 0 Å². The average molecular weight is 371 g/mol. The van der Waals surface area contributed by atoms with Gasteiger partial charge in [-0.3, -0.25) is 0 Å². The molecule has 4 rings (SSSR count). The van der Waals surface area contributed by atoms with E-state index >= 15 is 0 Å². The van der Waals surface area contributed by atoms with Crippen molar-refractivity contribution >= 4 is 15.5 Å². The van der Waals surface area contributed by atoms with Crippen LogP contribution in [0.1, 0.15) is 29.9 Å². The van der Waals surface area contributed by atoms with Crippen LogP contribution in [-0.4, -0.2) is 46.5 Å². The van der Waals surface area contributed by atoms with Gasteiger partial charge in [0.05, 0.1) is 9.79 Å². The Morgan fingerprint density at radius 3 is 2.46 bits per heavy atom. The molecule has 0 aliphatic carbocycles. The van der Waals surface area contributed by atoms with Crippen molar-refractivity contribution in [2.24, 2.45) is 0 Å². The van der Waals surface area contributed by atoms with Crippen LogP contribution in [0.2, 0.25) is 0 Å². The quantitative estimate of drug-likeness (QED) is 0.812. The summed E-state index contributed by atoms with van der Waals surface area (Å²) < 4.78 is 26.3. The summed E-state index contributed by atoms with van der Waals surface area (Å²) in [6.45, 7) is 4.07. The Bertz CT molecular complexity index is 939. The average Bonchev–Trinajstić information content (AvgIpc) is 2.75. The summed E-state index contributed by atoms with van der Waals surface area (Å²) in [5.74, 6) is 0.410. The Hall–Kier alpha value is -1.85. The molecule has 2 aromatic rings. The molecule has 0 bridgehead atoms. The van der Waals surface area contributed by atoms with E-state index in [2.05, 4.69) is 23.9 Å². The van der Waals surface area contributed by atoms with E-state index in [1.807, 2.05) is 25.1 Å². The number of likely N-dealkylation sites (tertiary alicyclic amines) is 1. The number of hydrogen-bond acceptors (Lipinski definition) is 4. The second-order valence-electron chi connectivity index (χ2n) is 7.71. The molecule has 2 aliphatic heterocycles. The molecule has 1 fully saturated rings. The highest BCUT2D eigenvalue weighted by atomic mass is 32.2. The summed E-state index contributed by atoms with van der Waals surface area (Å²) in [5, 5.41) is 0. The molecule has 0 unspecified atom stereocenters. The number of fused-ring (bicyclic) bond motifs is 3. The van der Waals surface area contributed by atoms with Crippen molar-refractivity contribution in [2.45, 2.75) is 41.5 Å². The largest absolute Gasteiger partial charge is 0.371 e. The second kappa shape index (κ2) is 6.39. The lowest BCUT2D eigenvalue weighted by Crippen LogP contribution is -2.31. The maximum absolute atomic E-state index is 13.1. The number of rotatable bonds is 2. The van der Waals surface area contributed by atoms with Gasteiger partial charge >= 0.3 is 0 Å². The number of anilines is 1. The van der Waals surface area contributed by atoms with Gasteiger partial charge < -0.3 is 9.80 Å². The molecule has 0 radical (unpaired) electrons. The summed E-state index contributed by atoms with van der Waals surface area (Å²) in [4.78, 5) is 5.51. The van der Waals surface area contributed by atoms with Crippen LogP contribution in [0.4, 0.5) is 5.69 Å². The highest BCUT2D eigenvalue weighted by molar-refractivity contribution is 7.91. The molecule has 0 aromatic heterocycles. The van der Waals surface area contributed by atoms with Gasteiger partial charge in [0.1, 0.15) is 0 Å². The zero-order valence-corrected chi connectivity index (χ0v) is 16.5.